The first kappa shape index (κ1) is 37.7. The summed E-state index contributed by atoms with van der Waals surface area (Å²) in [5.74, 6) is 1.80. The molecule has 3 aromatic rings. The number of aromatic nitrogens is 1. The van der Waals surface area contributed by atoms with Crippen molar-refractivity contribution in [2.75, 3.05) is 40.4 Å². The van der Waals surface area contributed by atoms with Crippen LogP contribution in [0.3, 0.4) is 0 Å². The van der Waals surface area contributed by atoms with Crippen LogP contribution in [-0.4, -0.2) is 71.1 Å². The summed E-state index contributed by atoms with van der Waals surface area (Å²) in [6.07, 6.45) is 7.01. The molecular weight excluding hydrogens is 651 g/mol. The van der Waals surface area contributed by atoms with Crippen LogP contribution in [0.4, 0.5) is 0 Å². The van der Waals surface area contributed by atoms with Gasteiger partial charge in [-0.3, -0.25) is 19.4 Å². The Balaban J connectivity index is 1.21. The van der Waals surface area contributed by atoms with Gasteiger partial charge in [0.2, 0.25) is 0 Å². The quantitative estimate of drug-likeness (QED) is 0.254. The lowest BCUT2D eigenvalue weighted by Crippen LogP contribution is -2.54. The lowest BCUT2D eigenvalue weighted by molar-refractivity contribution is -0.131. The van der Waals surface area contributed by atoms with Gasteiger partial charge in [0.05, 0.1) is 31.5 Å². The molecule has 1 saturated carbocycles. The third-order valence-corrected chi connectivity index (χ3v) is 11.6. The molecule has 52 heavy (non-hydrogen) atoms. The third kappa shape index (κ3) is 7.27. The summed E-state index contributed by atoms with van der Waals surface area (Å²) >= 11 is 0. The van der Waals surface area contributed by atoms with E-state index in [0.29, 0.717) is 12.2 Å². The monoisotopic (exact) mass is 709 g/mol. The number of hydrogen-bond acceptors (Lipinski definition) is 7. The Morgan fingerprint density at radius 2 is 1.69 bits per heavy atom. The van der Waals surface area contributed by atoms with Gasteiger partial charge in [-0.05, 0) is 84.4 Å². The van der Waals surface area contributed by atoms with E-state index in [1.807, 2.05) is 31.0 Å². The van der Waals surface area contributed by atoms with Crippen LogP contribution in [0.25, 0.3) is 11.1 Å². The van der Waals surface area contributed by atoms with E-state index < -0.39 is 0 Å². The van der Waals surface area contributed by atoms with Crippen LogP contribution in [0.5, 0.6) is 11.5 Å². The minimum absolute atomic E-state index is 0.00651. The Bertz CT molecular complexity index is 1910. The maximum absolute atomic E-state index is 13.7. The van der Waals surface area contributed by atoms with E-state index in [1.54, 1.807) is 25.8 Å². The van der Waals surface area contributed by atoms with E-state index in [1.165, 1.54) is 29.5 Å². The molecule has 0 bridgehead atoms. The topological polar surface area (TPSA) is 93.3 Å². The first-order valence-electron chi connectivity index (χ1n) is 18.9. The van der Waals surface area contributed by atoms with Gasteiger partial charge in [-0.15, -0.1) is 0 Å². The average molecular weight is 710 g/mol. The molecule has 0 radical (unpaired) electrons. The van der Waals surface area contributed by atoms with E-state index >= 15 is 0 Å². The smallest absolute Gasteiger partial charge is 0.269 e. The van der Waals surface area contributed by atoms with Gasteiger partial charge in [0.1, 0.15) is 11.5 Å². The van der Waals surface area contributed by atoms with Crippen molar-refractivity contribution in [3.63, 3.8) is 0 Å². The fourth-order valence-electron chi connectivity index (χ4n) is 8.65. The molecule has 9 nitrogen and oxygen atoms in total. The number of carbonyl (C=O) groups is 1. The molecular formula is C43H59N5O4. The Morgan fingerprint density at radius 1 is 1.02 bits per heavy atom. The number of methoxy groups -OCH3 is 2. The number of rotatable bonds is 9. The molecule has 280 valence electrons. The normalized spacial score (nSPS) is 19.2. The number of ether oxygens (including phenoxy) is 2. The van der Waals surface area contributed by atoms with Crippen molar-refractivity contribution in [1.82, 2.24) is 19.3 Å². The van der Waals surface area contributed by atoms with Crippen LogP contribution in [0.1, 0.15) is 86.9 Å². The number of nitrogens with zero attached hydrogens (tertiary/aromatic N) is 4. The minimum atomic E-state index is -0.163. The molecule has 2 fully saturated rings. The molecule has 1 spiro atoms. The molecule has 1 atom stereocenters. The predicted octanol–water partition coefficient (Wildman–Crippen LogP) is 6.51. The number of benzene rings is 2. The molecule has 0 unspecified atom stereocenters. The second-order valence-electron chi connectivity index (χ2n) is 16.8. The molecule has 1 aromatic heterocycles. The van der Waals surface area contributed by atoms with Gasteiger partial charge in [0, 0.05) is 69.2 Å². The first-order valence-corrected chi connectivity index (χ1v) is 18.9. The highest BCUT2D eigenvalue weighted by atomic mass is 16.5. The van der Waals surface area contributed by atoms with Gasteiger partial charge in [0.15, 0.2) is 0 Å². The van der Waals surface area contributed by atoms with Crippen molar-refractivity contribution in [3.8, 4) is 22.6 Å². The first-order chi connectivity index (χ1) is 24.6. The number of allylic oxidation sites excluding steroid dienone is 1. The molecule has 2 aliphatic heterocycles. The largest absolute Gasteiger partial charge is 0.496 e. The fourth-order valence-corrected chi connectivity index (χ4v) is 8.65. The second kappa shape index (κ2) is 14.4. The van der Waals surface area contributed by atoms with Crippen LogP contribution in [0.2, 0.25) is 0 Å². The van der Waals surface area contributed by atoms with Crippen LogP contribution in [-0.2, 0) is 31.4 Å². The number of nitrogens with two attached hydrogens (primary N) is 1. The summed E-state index contributed by atoms with van der Waals surface area (Å²) in [4.78, 5) is 33.5. The molecule has 2 N–H and O–H groups in total. The average Bonchev–Trinajstić information content (AvgIpc) is 3.87. The Labute approximate surface area is 310 Å². The number of amides is 1. The summed E-state index contributed by atoms with van der Waals surface area (Å²) in [5.41, 5.74) is 15.5. The Hall–Kier alpha value is -4.08. The molecule has 1 saturated heterocycles. The fraction of sp³-hybridized carbons (Fsp3) is 0.535. The van der Waals surface area contributed by atoms with Gasteiger partial charge in [-0.2, -0.15) is 0 Å². The maximum Gasteiger partial charge on any atom is 0.269 e. The standard InChI is InChI=1S/C43H59N5O4/c1-27(2)39-33-13-11-12-30(32(33)14-17-48(39)41(50)36(44)22-42(5,6)7)23-47-19-18-46(26-43(47)15-16-43)25-35-37(51-9)20-31(21-38(35)52-10)34-24-45(8)40(49)29(4)28(34)3/h11-13,20-22,24,27,39H,14-19,23,25-26,44H2,1-10H3/b36-22-/t39-/m0/s1. The van der Waals surface area contributed by atoms with Crippen molar-refractivity contribution in [3.05, 3.63) is 92.0 Å². The SMILES string of the molecule is COc1cc(-c2cn(C)c(=O)c(C)c2C)cc(OC)c1CN1CCN(Cc2cccc3c2CCN(C(=O)/C(N)=C/C(C)(C)C)[C@H]3C(C)C)C2(CC2)C1. The third-order valence-electron chi connectivity index (χ3n) is 11.6. The summed E-state index contributed by atoms with van der Waals surface area (Å²) in [7, 11) is 5.24. The number of hydrogen-bond donors (Lipinski definition) is 1. The van der Waals surface area contributed by atoms with Crippen molar-refractivity contribution in [2.24, 2.45) is 24.1 Å². The Morgan fingerprint density at radius 3 is 2.29 bits per heavy atom. The van der Waals surface area contributed by atoms with Gasteiger partial charge in [0.25, 0.3) is 11.5 Å². The number of pyridine rings is 1. The Kier molecular flexibility index (Phi) is 10.4. The predicted molar refractivity (Wildman–Crippen MR) is 209 cm³/mol. The van der Waals surface area contributed by atoms with Crippen LogP contribution < -0.4 is 20.8 Å². The molecule has 2 aromatic carbocycles. The number of piperazine rings is 1. The highest BCUT2D eigenvalue weighted by Crippen LogP contribution is 2.47. The van der Waals surface area contributed by atoms with Gasteiger partial charge >= 0.3 is 0 Å². The van der Waals surface area contributed by atoms with Crippen molar-refractivity contribution in [2.45, 2.75) is 92.4 Å². The molecule has 9 heteroatoms. The number of fused-ring (bicyclic) bond motifs is 1. The number of carbonyl (C=O) groups excluding carboxylic acids is 1. The minimum Gasteiger partial charge on any atom is -0.496 e. The summed E-state index contributed by atoms with van der Waals surface area (Å²) in [5, 5.41) is 0. The molecule has 6 rings (SSSR count). The zero-order valence-corrected chi connectivity index (χ0v) is 33.1. The van der Waals surface area contributed by atoms with Crippen molar-refractivity contribution >= 4 is 5.91 Å². The number of aryl methyl sites for hydroxylation is 1. The van der Waals surface area contributed by atoms with E-state index in [-0.39, 0.29) is 34.4 Å². The van der Waals surface area contributed by atoms with Gasteiger partial charge in [-0.25, -0.2) is 0 Å². The zero-order valence-electron chi connectivity index (χ0n) is 33.1. The summed E-state index contributed by atoms with van der Waals surface area (Å²) in [6.45, 7) is 19.8. The lowest BCUT2D eigenvalue weighted by Gasteiger charge is -2.44. The highest BCUT2D eigenvalue weighted by Gasteiger charge is 2.51. The molecule has 3 heterocycles. The summed E-state index contributed by atoms with van der Waals surface area (Å²) < 4.78 is 13.6. The highest BCUT2D eigenvalue weighted by molar-refractivity contribution is 5.93. The van der Waals surface area contributed by atoms with Gasteiger partial charge in [-0.1, -0.05) is 58.9 Å². The van der Waals surface area contributed by atoms with Crippen molar-refractivity contribution in [1.29, 1.82) is 0 Å². The van der Waals surface area contributed by atoms with Crippen LogP contribution in [0, 0.1) is 25.2 Å². The summed E-state index contributed by atoms with van der Waals surface area (Å²) in [6, 6.07) is 10.9. The lowest BCUT2D eigenvalue weighted by atomic mass is 9.83. The maximum atomic E-state index is 13.7. The van der Waals surface area contributed by atoms with Crippen molar-refractivity contribution < 1.29 is 14.3 Å². The van der Waals surface area contributed by atoms with E-state index in [2.05, 4.69) is 74.8 Å². The second-order valence-corrected chi connectivity index (χ2v) is 16.8. The van der Waals surface area contributed by atoms with Crippen LogP contribution in [0.15, 0.2) is 53.1 Å². The van der Waals surface area contributed by atoms with E-state index in [9.17, 15) is 9.59 Å². The van der Waals surface area contributed by atoms with E-state index in [4.69, 9.17) is 15.2 Å². The molecule has 1 aliphatic carbocycles. The molecule has 1 amide bonds. The van der Waals surface area contributed by atoms with Crippen LogP contribution >= 0.6 is 0 Å². The van der Waals surface area contributed by atoms with Gasteiger partial charge < -0.3 is 24.7 Å². The zero-order chi connectivity index (χ0) is 37.7. The molecule has 3 aliphatic rings. The van der Waals surface area contributed by atoms with E-state index in [0.717, 1.165) is 78.5 Å².